The van der Waals surface area contributed by atoms with Gasteiger partial charge in [0.2, 0.25) is 5.91 Å². The summed E-state index contributed by atoms with van der Waals surface area (Å²) in [4.78, 5) is 12.9. The molecule has 0 aromatic carbocycles. The SMILES string of the molecule is O=C(CSc1ccc(-c2ccco2)nn1)NCc1cccs1. The van der Waals surface area contributed by atoms with Gasteiger partial charge in [-0.1, -0.05) is 17.8 Å². The van der Waals surface area contributed by atoms with E-state index in [0.717, 1.165) is 4.88 Å². The molecule has 0 aliphatic heterocycles. The molecule has 5 nitrogen and oxygen atoms in total. The summed E-state index contributed by atoms with van der Waals surface area (Å²) in [6.45, 7) is 0.570. The maximum atomic E-state index is 11.8. The van der Waals surface area contributed by atoms with Gasteiger partial charge in [-0.2, -0.15) is 0 Å². The van der Waals surface area contributed by atoms with Gasteiger partial charge in [-0.15, -0.1) is 21.5 Å². The van der Waals surface area contributed by atoms with E-state index in [1.807, 2.05) is 35.7 Å². The molecule has 3 rings (SSSR count). The van der Waals surface area contributed by atoms with Gasteiger partial charge in [-0.25, -0.2) is 0 Å². The molecule has 0 aliphatic rings. The van der Waals surface area contributed by atoms with Gasteiger partial charge in [-0.05, 0) is 35.7 Å². The fraction of sp³-hybridized carbons (Fsp3) is 0.133. The molecule has 0 unspecified atom stereocenters. The van der Waals surface area contributed by atoms with E-state index in [-0.39, 0.29) is 5.91 Å². The fourth-order valence-corrected chi connectivity index (χ4v) is 3.03. The molecule has 0 bridgehead atoms. The van der Waals surface area contributed by atoms with Crippen LogP contribution in [0.15, 0.2) is 57.5 Å². The Bertz CT molecular complexity index is 710. The predicted molar refractivity (Wildman–Crippen MR) is 86.6 cm³/mol. The number of carbonyl (C=O) groups is 1. The molecular formula is C15H13N3O2S2. The number of thioether (sulfide) groups is 1. The summed E-state index contributed by atoms with van der Waals surface area (Å²) >= 11 is 2.99. The molecule has 0 aliphatic carbocycles. The first kappa shape index (κ1) is 14.8. The molecule has 1 N–H and O–H groups in total. The molecule has 3 heterocycles. The number of hydrogen-bond acceptors (Lipinski definition) is 6. The molecular weight excluding hydrogens is 318 g/mol. The third-order valence-electron chi connectivity index (χ3n) is 2.80. The van der Waals surface area contributed by atoms with Gasteiger partial charge in [-0.3, -0.25) is 4.79 Å². The monoisotopic (exact) mass is 331 g/mol. The van der Waals surface area contributed by atoms with Crippen molar-refractivity contribution in [3.05, 3.63) is 52.9 Å². The van der Waals surface area contributed by atoms with Crippen LogP contribution >= 0.6 is 23.1 Å². The number of carbonyl (C=O) groups excluding carboxylic acids is 1. The van der Waals surface area contributed by atoms with Crippen LogP contribution in [-0.4, -0.2) is 21.9 Å². The zero-order chi connectivity index (χ0) is 15.2. The number of amides is 1. The van der Waals surface area contributed by atoms with E-state index < -0.39 is 0 Å². The van der Waals surface area contributed by atoms with E-state index in [9.17, 15) is 4.79 Å². The van der Waals surface area contributed by atoms with Gasteiger partial charge in [0.15, 0.2) is 5.76 Å². The second-order valence-electron chi connectivity index (χ2n) is 4.38. The first-order valence-electron chi connectivity index (χ1n) is 6.61. The van der Waals surface area contributed by atoms with Crippen LogP contribution in [0.5, 0.6) is 0 Å². The van der Waals surface area contributed by atoms with Crippen LogP contribution in [0, 0.1) is 0 Å². The molecule has 0 saturated carbocycles. The number of furan rings is 1. The van der Waals surface area contributed by atoms with Gasteiger partial charge in [0.25, 0.3) is 0 Å². The molecule has 112 valence electrons. The minimum Gasteiger partial charge on any atom is -0.463 e. The van der Waals surface area contributed by atoms with Crippen LogP contribution in [0.1, 0.15) is 4.88 Å². The van der Waals surface area contributed by atoms with Gasteiger partial charge >= 0.3 is 0 Å². The number of hydrogen-bond donors (Lipinski definition) is 1. The van der Waals surface area contributed by atoms with E-state index in [2.05, 4.69) is 15.5 Å². The van der Waals surface area contributed by atoms with Crippen molar-refractivity contribution in [1.29, 1.82) is 0 Å². The number of nitrogens with zero attached hydrogens (tertiary/aromatic N) is 2. The molecule has 3 aromatic heterocycles. The highest BCUT2D eigenvalue weighted by atomic mass is 32.2. The van der Waals surface area contributed by atoms with Gasteiger partial charge < -0.3 is 9.73 Å². The van der Waals surface area contributed by atoms with Crippen LogP contribution in [-0.2, 0) is 11.3 Å². The van der Waals surface area contributed by atoms with Gasteiger partial charge in [0, 0.05) is 4.88 Å². The summed E-state index contributed by atoms with van der Waals surface area (Å²) in [6, 6.07) is 11.3. The topological polar surface area (TPSA) is 68.0 Å². The standard InChI is InChI=1S/C15H13N3O2S2/c19-14(16-9-11-3-2-8-21-11)10-22-15-6-5-12(17-18-15)13-4-1-7-20-13/h1-8H,9-10H2,(H,16,19). The summed E-state index contributed by atoms with van der Waals surface area (Å²) in [5.74, 6) is 0.980. The summed E-state index contributed by atoms with van der Waals surface area (Å²) < 4.78 is 5.25. The van der Waals surface area contributed by atoms with Crippen molar-refractivity contribution in [2.24, 2.45) is 0 Å². The molecule has 22 heavy (non-hydrogen) atoms. The maximum Gasteiger partial charge on any atom is 0.230 e. The molecule has 0 fully saturated rings. The van der Waals surface area contributed by atoms with Crippen LogP contribution in [0.3, 0.4) is 0 Å². The Kier molecular flexibility index (Phi) is 4.87. The van der Waals surface area contributed by atoms with E-state index in [0.29, 0.717) is 28.8 Å². The third-order valence-corrected chi connectivity index (χ3v) is 4.60. The first-order chi connectivity index (χ1) is 10.8. The van der Waals surface area contributed by atoms with Crippen molar-refractivity contribution in [2.45, 2.75) is 11.6 Å². The lowest BCUT2D eigenvalue weighted by molar-refractivity contribution is -0.118. The first-order valence-corrected chi connectivity index (χ1v) is 8.47. The number of nitrogens with one attached hydrogen (secondary N) is 1. The third kappa shape index (κ3) is 3.96. The molecule has 1 amide bonds. The predicted octanol–water partition coefficient (Wildman–Crippen LogP) is 3.21. The Morgan fingerprint density at radius 1 is 1.23 bits per heavy atom. The van der Waals surface area contributed by atoms with E-state index in [1.165, 1.54) is 11.8 Å². The summed E-state index contributed by atoms with van der Waals surface area (Å²) in [5.41, 5.74) is 0.677. The molecule has 0 spiro atoms. The molecule has 0 saturated heterocycles. The second kappa shape index (κ2) is 7.24. The van der Waals surface area contributed by atoms with E-state index in [4.69, 9.17) is 4.42 Å². The Hall–Kier alpha value is -2.12. The van der Waals surface area contributed by atoms with Crippen LogP contribution < -0.4 is 5.32 Å². The number of aromatic nitrogens is 2. The van der Waals surface area contributed by atoms with Crippen molar-refractivity contribution >= 4 is 29.0 Å². The normalized spacial score (nSPS) is 10.5. The minimum absolute atomic E-state index is 0.0182. The van der Waals surface area contributed by atoms with Crippen LogP contribution in [0.4, 0.5) is 0 Å². The fourth-order valence-electron chi connectivity index (χ4n) is 1.74. The lowest BCUT2D eigenvalue weighted by atomic mass is 10.3. The van der Waals surface area contributed by atoms with Crippen LogP contribution in [0.25, 0.3) is 11.5 Å². The smallest absolute Gasteiger partial charge is 0.230 e. The maximum absolute atomic E-state index is 11.8. The Balaban J connectivity index is 1.48. The van der Waals surface area contributed by atoms with E-state index >= 15 is 0 Å². The Morgan fingerprint density at radius 3 is 2.86 bits per heavy atom. The highest BCUT2D eigenvalue weighted by molar-refractivity contribution is 7.99. The van der Waals surface area contributed by atoms with Crippen molar-refractivity contribution in [3.63, 3.8) is 0 Å². The molecule has 7 heteroatoms. The summed E-state index contributed by atoms with van der Waals surface area (Å²) in [7, 11) is 0. The van der Waals surface area contributed by atoms with Crippen molar-refractivity contribution in [1.82, 2.24) is 15.5 Å². The zero-order valence-electron chi connectivity index (χ0n) is 11.6. The number of thiophene rings is 1. The van der Waals surface area contributed by atoms with E-state index in [1.54, 1.807) is 23.7 Å². The highest BCUT2D eigenvalue weighted by Crippen LogP contribution is 2.19. The van der Waals surface area contributed by atoms with Gasteiger partial charge in [0.05, 0.1) is 18.6 Å². The van der Waals surface area contributed by atoms with Crippen molar-refractivity contribution < 1.29 is 9.21 Å². The van der Waals surface area contributed by atoms with Crippen LogP contribution in [0.2, 0.25) is 0 Å². The molecule has 0 atom stereocenters. The zero-order valence-corrected chi connectivity index (χ0v) is 13.2. The van der Waals surface area contributed by atoms with Crippen molar-refractivity contribution in [3.8, 4) is 11.5 Å². The summed E-state index contributed by atoms with van der Waals surface area (Å²) in [6.07, 6.45) is 1.59. The lowest BCUT2D eigenvalue weighted by Crippen LogP contribution is -2.24. The summed E-state index contributed by atoms with van der Waals surface area (Å²) in [5, 5.41) is 13.8. The number of rotatable bonds is 6. The quantitative estimate of drug-likeness (QED) is 0.703. The van der Waals surface area contributed by atoms with Gasteiger partial charge in [0.1, 0.15) is 10.7 Å². The second-order valence-corrected chi connectivity index (χ2v) is 6.41. The Labute approximate surface area is 135 Å². The Morgan fingerprint density at radius 2 is 2.18 bits per heavy atom. The molecule has 0 radical (unpaired) electrons. The average molecular weight is 331 g/mol. The largest absolute Gasteiger partial charge is 0.463 e. The lowest BCUT2D eigenvalue weighted by Gasteiger charge is -2.03. The minimum atomic E-state index is -0.0182. The molecule has 3 aromatic rings. The average Bonchev–Trinajstić information content (AvgIpc) is 3.24. The highest BCUT2D eigenvalue weighted by Gasteiger charge is 2.07. The van der Waals surface area contributed by atoms with Crippen molar-refractivity contribution in [2.75, 3.05) is 5.75 Å².